The van der Waals surface area contributed by atoms with Crippen LogP contribution in [0.2, 0.25) is 0 Å². The van der Waals surface area contributed by atoms with Crippen molar-refractivity contribution in [2.75, 3.05) is 14.2 Å². The van der Waals surface area contributed by atoms with Crippen molar-refractivity contribution in [2.24, 2.45) is 4.99 Å². The molecule has 0 fully saturated rings. The molecule has 3 aromatic carbocycles. The minimum Gasteiger partial charge on any atom is -0.504 e. The van der Waals surface area contributed by atoms with Gasteiger partial charge >= 0.3 is 0 Å². The Morgan fingerprint density at radius 1 is 1.03 bits per heavy atom. The van der Waals surface area contributed by atoms with E-state index in [1.165, 1.54) is 24.0 Å². The quantitative estimate of drug-likeness (QED) is 0.463. The van der Waals surface area contributed by atoms with Crippen LogP contribution in [0.1, 0.15) is 34.7 Å². The molecule has 1 aromatic heterocycles. The van der Waals surface area contributed by atoms with Crippen molar-refractivity contribution in [3.05, 3.63) is 114 Å². The van der Waals surface area contributed by atoms with E-state index in [9.17, 15) is 9.90 Å². The van der Waals surface area contributed by atoms with Crippen LogP contribution in [0.25, 0.3) is 11.8 Å². The number of hydrogen-bond acceptors (Lipinski definition) is 6. The van der Waals surface area contributed by atoms with E-state index in [-0.39, 0.29) is 17.4 Å². The standard InChI is InChI=1S/C29H24N2O4S/c1-34-20-8-5-7-19(16-20)27-22-12-11-18-6-3-4-9-21(18)26(22)30-29-31(27)28(33)25(36-29)15-17-10-13-24(35-2)23(32)14-17/h3-10,13-16,27,32H,11-12H2,1-2H3. The molecule has 1 N–H and O–H groups in total. The number of benzene rings is 3. The van der Waals surface area contributed by atoms with E-state index in [2.05, 4.69) is 18.2 Å². The Morgan fingerprint density at radius 3 is 2.69 bits per heavy atom. The van der Waals surface area contributed by atoms with Crippen LogP contribution in [0.15, 0.2) is 82.1 Å². The van der Waals surface area contributed by atoms with Crippen LogP contribution in [-0.4, -0.2) is 23.9 Å². The zero-order valence-electron chi connectivity index (χ0n) is 19.9. The number of methoxy groups -OCH3 is 2. The number of hydrogen-bond donors (Lipinski definition) is 1. The van der Waals surface area contributed by atoms with Gasteiger partial charge in [0, 0.05) is 5.56 Å². The number of aromatic hydroxyl groups is 1. The van der Waals surface area contributed by atoms with E-state index in [4.69, 9.17) is 14.5 Å². The molecule has 7 heteroatoms. The second kappa shape index (κ2) is 8.84. The summed E-state index contributed by atoms with van der Waals surface area (Å²) in [5, 5.41) is 10.2. The molecule has 180 valence electrons. The van der Waals surface area contributed by atoms with Crippen LogP contribution in [0.5, 0.6) is 17.2 Å². The molecule has 0 radical (unpaired) electrons. The maximum Gasteiger partial charge on any atom is 0.271 e. The maximum atomic E-state index is 13.8. The molecule has 0 bridgehead atoms. The number of aromatic nitrogens is 1. The summed E-state index contributed by atoms with van der Waals surface area (Å²) in [6.07, 6.45) is 3.52. The van der Waals surface area contributed by atoms with E-state index in [0.717, 1.165) is 41.0 Å². The van der Waals surface area contributed by atoms with Gasteiger partial charge in [0.15, 0.2) is 16.3 Å². The molecule has 1 aliphatic carbocycles. The molecule has 1 unspecified atom stereocenters. The third kappa shape index (κ3) is 3.63. The van der Waals surface area contributed by atoms with Crippen molar-refractivity contribution in [3.63, 3.8) is 0 Å². The summed E-state index contributed by atoms with van der Waals surface area (Å²) >= 11 is 1.36. The average Bonchev–Trinajstić information content (AvgIpc) is 3.21. The Morgan fingerprint density at radius 2 is 1.89 bits per heavy atom. The van der Waals surface area contributed by atoms with Gasteiger partial charge in [0.05, 0.1) is 30.5 Å². The van der Waals surface area contributed by atoms with Crippen molar-refractivity contribution in [3.8, 4) is 17.2 Å². The predicted octanol–water partition coefficient (Wildman–Crippen LogP) is 4.04. The number of ether oxygens (including phenoxy) is 2. The summed E-state index contributed by atoms with van der Waals surface area (Å²) < 4.78 is 13.0. The van der Waals surface area contributed by atoms with E-state index < -0.39 is 0 Å². The zero-order valence-corrected chi connectivity index (χ0v) is 20.7. The lowest BCUT2D eigenvalue weighted by molar-refractivity contribution is 0.373. The van der Waals surface area contributed by atoms with Crippen LogP contribution >= 0.6 is 11.3 Å². The zero-order chi connectivity index (χ0) is 24.8. The fraction of sp³-hybridized carbons (Fsp3) is 0.172. The summed E-state index contributed by atoms with van der Waals surface area (Å²) in [4.78, 5) is 19.5. The SMILES string of the molecule is COc1cccc(C2C3=C(N=c4sc(=Cc5ccc(OC)c(O)c5)c(=O)n42)c2ccccc2CC3)c1. The number of phenols is 1. The monoisotopic (exact) mass is 496 g/mol. The predicted molar refractivity (Wildman–Crippen MR) is 140 cm³/mol. The molecule has 1 aliphatic heterocycles. The van der Waals surface area contributed by atoms with Crippen LogP contribution in [-0.2, 0) is 6.42 Å². The van der Waals surface area contributed by atoms with Crippen LogP contribution in [0.3, 0.4) is 0 Å². The van der Waals surface area contributed by atoms with Crippen molar-refractivity contribution in [2.45, 2.75) is 18.9 Å². The summed E-state index contributed by atoms with van der Waals surface area (Å²) in [5.74, 6) is 1.16. The first-order chi connectivity index (χ1) is 17.6. The number of rotatable bonds is 4. The number of fused-ring (bicyclic) bond motifs is 3. The lowest BCUT2D eigenvalue weighted by Crippen LogP contribution is -2.38. The normalized spacial score (nSPS) is 16.6. The highest BCUT2D eigenvalue weighted by Crippen LogP contribution is 2.41. The molecule has 2 heterocycles. The fourth-order valence-electron chi connectivity index (χ4n) is 5.08. The van der Waals surface area contributed by atoms with E-state index in [1.54, 1.807) is 29.9 Å². The van der Waals surface area contributed by atoms with Gasteiger partial charge in [0.1, 0.15) is 5.75 Å². The Kier molecular flexibility index (Phi) is 5.49. The maximum absolute atomic E-state index is 13.8. The molecule has 2 aliphatic rings. The minimum absolute atomic E-state index is 0.0281. The minimum atomic E-state index is -0.272. The highest BCUT2D eigenvalue weighted by Gasteiger charge is 2.32. The molecule has 0 spiro atoms. The third-order valence-electron chi connectivity index (χ3n) is 6.78. The first kappa shape index (κ1) is 22.4. The second-order valence-corrected chi connectivity index (χ2v) is 9.83. The summed E-state index contributed by atoms with van der Waals surface area (Å²) in [5.41, 5.74) is 6.10. The number of phenolic OH excluding ortho intramolecular Hbond substituents is 1. The number of nitrogens with zero attached hydrogens (tertiary/aromatic N) is 2. The van der Waals surface area contributed by atoms with Gasteiger partial charge in [0.25, 0.3) is 5.56 Å². The Bertz CT molecular complexity index is 1710. The van der Waals surface area contributed by atoms with Crippen LogP contribution < -0.4 is 24.4 Å². The molecule has 1 atom stereocenters. The van der Waals surface area contributed by atoms with Crippen molar-refractivity contribution >= 4 is 23.1 Å². The van der Waals surface area contributed by atoms with Crippen molar-refractivity contribution in [1.29, 1.82) is 0 Å². The molecule has 6 nitrogen and oxygen atoms in total. The molecular formula is C29H24N2O4S. The van der Waals surface area contributed by atoms with Gasteiger partial charge in [-0.15, -0.1) is 0 Å². The third-order valence-corrected chi connectivity index (χ3v) is 7.77. The number of allylic oxidation sites excluding steroid dienone is 1. The first-order valence-corrected chi connectivity index (χ1v) is 12.5. The average molecular weight is 497 g/mol. The summed E-state index contributed by atoms with van der Waals surface area (Å²) in [6, 6.07) is 21.1. The van der Waals surface area contributed by atoms with Crippen LogP contribution in [0, 0.1) is 0 Å². The fourth-order valence-corrected chi connectivity index (χ4v) is 6.08. The Labute approximate surface area is 211 Å². The molecular weight excluding hydrogens is 472 g/mol. The molecule has 4 aromatic rings. The Hall–Kier alpha value is -4.10. The lowest BCUT2D eigenvalue weighted by atomic mass is 9.83. The number of thiazole rings is 1. The lowest BCUT2D eigenvalue weighted by Gasteiger charge is -2.31. The van der Waals surface area contributed by atoms with Gasteiger partial charge in [-0.05, 0) is 65.4 Å². The summed E-state index contributed by atoms with van der Waals surface area (Å²) in [6.45, 7) is 0. The second-order valence-electron chi connectivity index (χ2n) is 8.82. The van der Waals surface area contributed by atoms with Gasteiger partial charge in [0.2, 0.25) is 0 Å². The van der Waals surface area contributed by atoms with Crippen LogP contribution in [0.4, 0.5) is 0 Å². The van der Waals surface area contributed by atoms with Gasteiger partial charge in [-0.25, -0.2) is 4.99 Å². The Balaban J connectivity index is 1.60. The van der Waals surface area contributed by atoms with E-state index >= 15 is 0 Å². The molecule has 6 rings (SSSR count). The van der Waals surface area contributed by atoms with E-state index in [0.29, 0.717) is 20.6 Å². The molecule has 0 saturated heterocycles. The smallest absolute Gasteiger partial charge is 0.271 e. The molecule has 36 heavy (non-hydrogen) atoms. The molecule has 0 amide bonds. The van der Waals surface area contributed by atoms with Gasteiger partial charge in [-0.3, -0.25) is 9.36 Å². The highest BCUT2D eigenvalue weighted by atomic mass is 32.1. The van der Waals surface area contributed by atoms with Gasteiger partial charge in [-0.1, -0.05) is 53.8 Å². The van der Waals surface area contributed by atoms with Crippen molar-refractivity contribution < 1.29 is 14.6 Å². The van der Waals surface area contributed by atoms with Gasteiger partial charge in [-0.2, -0.15) is 0 Å². The first-order valence-electron chi connectivity index (χ1n) is 11.7. The number of aryl methyl sites for hydroxylation is 1. The highest BCUT2D eigenvalue weighted by molar-refractivity contribution is 7.07. The largest absolute Gasteiger partial charge is 0.504 e. The van der Waals surface area contributed by atoms with Crippen molar-refractivity contribution in [1.82, 2.24) is 4.57 Å². The summed E-state index contributed by atoms with van der Waals surface area (Å²) in [7, 11) is 3.15. The molecule has 0 saturated carbocycles. The van der Waals surface area contributed by atoms with Gasteiger partial charge < -0.3 is 14.6 Å². The topological polar surface area (TPSA) is 73.1 Å². The van der Waals surface area contributed by atoms with E-state index in [1.807, 2.05) is 36.4 Å².